The van der Waals surface area contributed by atoms with Gasteiger partial charge in [-0.05, 0) is 30.3 Å². The van der Waals surface area contributed by atoms with Crippen LogP contribution in [0, 0.1) is 22.5 Å². The van der Waals surface area contributed by atoms with Crippen molar-refractivity contribution >= 4 is 11.5 Å². The maximum absolute atomic E-state index is 11.9. The van der Waals surface area contributed by atoms with Crippen LogP contribution in [-0.2, 0) is 0 Å². The molecule has 2 aromatic carbocycles. The molecule has 0 heterocycles. The summed E-state index contributed by atoms with van der Waals surface area (Å²) in [4.78, 5) is 21.9. The number of nitrogens with zero attached hydrogens (tertiary/aromatic N) is 1. The fraction of sp³-hybridized carbons (Fsp3) is 0.0625. The zero-order valence-corrected chi connectivity index (χ0v) is 11.0. The Morgan fingerprint density at radius 3 is 2.57 bits per heavy atom. The lowest BCUT2D eigenvalue weighted by Crippen LogP contribution is -2.11. The predicted molar refractivity (Wildman–Crippen MR) is 77.3 cm³/mol. The van der Waals surface area contributed by atoms with Crippen LogP contribution in [0.4, 0.5) is 5.69 Å². The number of Topliss-reactive ketones (excluding diaryl/α,β-unsaturated/α-hetero) is 1. The number of carbonyl (C=O) groups is 1. The zero-order valence-electron chi connectivity index (χ0n) is 11.0. The van der Waals surface area contributed by atoms with Gasteiger partial charge in [0.25, 0.3) is 5.69 Å². The number of rotatable bonds is 5. The molecule has 5 heteroatoms. The minimum atomic E-state index is -0.518. The Kier molecular flexibility index (Phi) is 4.32. The van der Waals surface area contributed by atoms with E-state index < -0.39 is 4.92 Å². The molecule has 0 saturated carbocycles. The highest BCUT2D eigenvalue weighted by Crippen LogP contribution is 2.15. The first-order valence-electron chi connectivity index (χ1n) is 6.07. The molecule has 0 aromatic heterocycles. The first kappa shape index (κ1) is 14.3. The third-order valence-electron chi connectivity index (χ3n) is 2.77. The molecule has 0 atom stereocenters. The summed E-state index contributed by atoms with van der Waals surface area (Å²) in [5.41, 5.74) is 0.957. The van der Waals surface area contributed by atoms with Crippen molar-refractivity contribution in [1.29, 1.82) is 0 Å². The normalized spacial score (nSPS) is 9.67. The summed E-state index contributed by atoms with van der Waals surface area (Å²) in [6.45, 7) is -0.161. The maximum Gasteiger partial charge on any atom is 0.269 e. The van der Waals surface area contributed by atoms with Crippen LogP contribution in [0.15, 0.2) is 48.5 Å². The fourth-order valence-corrected chi connectivity index (χ4v) is 1.68. The highest BCUT2D eigenvalue weighted by Gasteiger charge is 2.10. The molecule has 0 saturated heterocycles. The molecule has 0 amide bonds. The number of ketones is 1. The van der Waals surface area contributed by atoms with E-state index in [2.05, 4.69) is 5.92 Å². The Hall–Kier alpha value is -3.13. The summed E-state index contributed by atoms with van der Waals surface area (Å²) in [6, 6.07) is 12.2. The molecule has 0 aliphatic rings. The molecule has 5 nitrogen and oxygen atoms in total. The number of non-ortho nitro benzene ring substituents is 1. The van der Waals surface area contributed by atoms with Gasteiger partial charge < -0.3 is 4.74 Å². The Morgan fingerprint density at radius 2 is 1.95 bits per heavy atom. The second kappa shape index (κ2) is 6.35. The summed E-state index contributed by atoms with van der Waals surface area (Å²) >= 11 is 0. The van der Waals surface area contributed by atoms with Crippen molar-refractivity contribution in [3.8, 4) is 18.1 Å². The van der Waals surface area contributed by atoms with Crippen LogP contribution < -0.4 is 4.74 Å². The minimum absolute atomic E-state index is 0.0609. The largest absolute Gasteiger partial charge is 0.485 e. The van der Waals surface area contributed by atoms with Crippen molar-refractivity contribution < 1.29 is 14.5 Å². The van der Waals surface area contributed by atoms with Crippen molar-refractivity contribution in [1.82, 2.24) is 0 Å². The highest BCUT2D eigenvalue weighted by molar-refractivity contribution is 5.97. The minimum Gasteiger partial charge on any atom is -0.485 e. The van der Waals surface area contributed by atoms with E-state index in [4.69, 9.17) is 11.2 Å². The van der Waals surface area contributed by atoms with Gasteiger partial charge in [-0.15, -0.1) is 6.42 Å². The standard InChI is InChI=1S/C16H11NO4/c1-2-12-4-3-5-15(10-12)21-11-16(18)13-6-8-14(9-7-13)17(19)20/h1,3-10H,11H2. The van der Waals surface area contributed by atoms with E-state index in [1.54, 1.807) is 24.3 Å². The Balaban J connectivity index is 2.01. The highest BCUT2D eigenvalue weighted by atomic mass is 16.6. The summed E-state index contributed by atoms with van der Waals surface area (Å²) in [5.74, 6) is 2.71. The van der Waals surface area contributed by atoms with Crippen molar-refractivity contribution in [2.45, 2.75) is 0 Å². The van der Waals surface area contributed by atoms with Crippen molar-refractivity contribution in [3.05, 3.63) is 69.8 Å². The van der Waals surface area contributed by atoms with Gasteiger partial charge in [0.15, 0.2) is 12.4 Å². The molecule has 0 radical (unpaired) electrons. The summed E-state index contributed by atoms with van der Waals surface area (Å²) in [5, 5.41) is 10.5. The molecule has 0 fully saturated rings. The van der Waals surface area contributed by atoms with E-state index in [0.29, 0.717) is 16.9 Å². The third kappa shape index (κ3) is 3.67. The van der Waals surface area contributed by atoms with Crippen LogP contribution in [0.25, 0.3) is 0 Å². The van der Waals surface area contributed by atoms with Gasteiger partial charge in [-0.2, -0.15) is 0 Å². The number of benzene rings is 2. The fourth-order valence-electron chi connectivity index (χ4n) is 1.68. The smallest absolute Gasteiger partial charge is 0.269 e. The number of terminal acetylenes is 1. The van der Waals surface area contributed by atoms with Crippen molar-refractivity contribution in [2.75, 3.05) is 6.61 Å². The lowest BCUT2D eigenvalue weighted by Gasteiger charge is -2.06. The lowest BCUT2D eigenvalue weighted by molar-refractivity contribution is -0.384. The molecule has 0 aliphatic heterocycles. The summed E-state index contributed by atoms with van der Waals surface area (Å²) in [6.07, 6.45) is 5.28. The van der Waals surface area contributed by atoms with E-state index in [1.807, 2.05) is 0 Å². The van der Waals surface area contributed by atoms with Crippen LogP contribution in [0.3, 0.4) is 0 Å². The molecule has 0 aliphatic carbocycles. The van der Waals surface area contributed by atoms with Crippen LogP contribution in [-0.4, -0.2) is 17.3 Å². The van der Waals surface area contributed by atoms with E-state index in [9.17, 15) is 14.9 Å². The molecule has 2 rings (SSSR count). The van der Waals surface area contributed by atoms with Gasteiger partial charge in [-0.3, -0.25) is 14.9 Å². The molecule has 2 aromatic rings. The second-order valence-electron chi connectivity index (χ2n) is 4.19. The average Bonchev–Trinajstić information content (AvgIpc) is 2.53. The summed E-state index contributed by atoms with van der Waals surface area (Å²) in [7, 11) is 0. The zero-order chi connectivity index (χ0) is 15.2. The number of ether oxygens (including phenoxy) is 1. The Bertz CT molecular complexity index is 714. The SMILES string of the molecule is C#Cc1cccc(OCC(=O)c2ccc([N+](=O)[O-])cc2)c1. The van der Waals surface area contributed by atoms with E-state index in [0.717, 1.165) is 0 Å². The van der Waals surface area contributed by atoms with Gasteiger partial charge in [-0.25, -0.2) is 0 Å². The topological polar surface area (TPSA) is 69.4 Å². The first-order chi connectivity index (χ1) is 10.1. The van der Waals surface area contributed by atoms with Gasteiger partial charge in [0.05, 0.1) is 4.92 Å². The van der Waals surface area contributed by atoms with E-state index in [1.165, 1.54) is 24.3 Å². The number of nitro benzene ring substituents is 1. The third-order valence-corrected chi connectivity index (χ3v) is 2.77. The molecule has 0 bridgehead atoms. The second-order valence-corrected chi connectivity index (χ2v) is 4.19. The molecule has 0 unspecified atom stereocenters. The first-order valence-corrected chi connectivity index (χ1v) is 6.07. The number of hydrogen-bond donors (Lipinski definition) is 0. The summed E-state index contributed by atoms with van der Waals surface area (Å²) < 4.78 is 5.36. The predicted octanol–water partition coefficient (Wildman–Crippen LogP) is 2.84. The van der Waals surface area contributed by atoms with Crippen molar-refractivity contribution in [3.63, 3.8) is 0 Å². The van der Waals surface area contributed by atoms with Crippen LogP contribution in [0.1, 0.15) is 15.9 Å². The molecular weight excluding hydrogens is 270 g/mol. The monoisotopic (exact) mass is 281 g/mol. The van der Waals surface area contributed by atoms with Gasteiger partial charge in [0.2, 0.25) is 0 Å². The Morgan fingerprint density at radius 1 is 1.24 bits per heavy atom. The number of nitro groups is 1. The van der Waals surface area contributed by atoms with Crippen LogP contribution in [0.5, 0.6) is 5.75 Å². The number of hydrogen-bond acceptors (Lipinski definition) is 4. The molecule has 21 heavy (non-hydrogen) atoms. The molecule has 0 spiro atoms. The molecular formula is C16H11NO4. The van der Waals surface area contributed by atoms with E-state index in [-0.39, 0.29) is 18.1 Å². The van der Waals surface area contributed by atoms with Crippen LogP contribution >= 0.6 is 0 Å². The lowest BCUT2D eigenvalue weighted by atomic mass is 10.1. The number of carbonyl (C=O) groups excluding carboxylic acids is 1. The average molecular weight is 281 g/mol. The quantitative estimate of drug-likeness (QED) is 0.366. The van der Waals surface area contributed by atoms with Gasteiger partial charge in [0, 0.05) is 23.3 Å². The van der Waals surface area contributed by atoms with Gasteiger partial charge in [-0.1, -0.05) is 12.0 Å². The maximum atomic E-state index is 11.9. The van der Waals surface area contributed by atoms with Crippen molar-refractivity contribution in [2.24, 2.45) is 0 Å². The molecule has 0 N–H and O–H groups in total. The van der Waals surface area contributed by atoms with E-state index >= 15 is 0 Å². The molecule has 104 valence electrons. The Labute approximate surface area is 121 Å². The van der Waals surface area contributed by atoms with Crippen LogP contribution in [0.2, 0.25) is 0 Å². The van der Waals surface area contributed by atoms with Gasteiger partial charge in [0.1, 0.15) is 5.75 Å². The van der Waals surface area contributed by atoms with Gasteiger partial charge >= 0.3 is 0 Å².